The van der Waals surface area contributed by atoms with Crippen LogP contribution >= 0.6 is 11.3 Å². The number of morpholine rings is 1. The summed E-state index contributed by atoms with van der Waals surface area (Å²) in [6.07, 6.45) is 2.56. The van der Waals surface area contributed by atoms with E-state index < -0.39 is 0 Å². The molecule has 23 heavy (non-hydrogen) atoms. The van der Waals surface area contributed by atoms with Gasteiger partial charge in [0, 0.05) is 13.1 Å². The number of hydrogen-bond acceptors (Lipinski definition) is 7. The molecule has 0 saturated carbocycles. The zero-order valence-electron chi connectivity index (χ0n) is 13.1. The molecule has 2 saturated heterocycles. The van der Waals surface area contributed by atoms with Gasteiger partial charge in [0.2, 0.25) is 11.7 Å². The normalized spacial score (nSPS) is 26.4. The second kappa shape index (κ2) is 7.09. The smallest absolute Gasteiger partial charge is 0.246 e. The van der Waals surface area contributed by atoms with Gasteiger partial charge in [-0.2, -0.15) is 4.98 Å². The minimum Gasteiger partial charge on any atom is -0.378 e. The van der Waals surface area contributed by atoms with Gasteiger partial charge in [-0.1, -0.05) is 11.2 Å². The van der Waals surface area contributed by atoms with E-state index in [1.165, 1.54) is 12.8 Å². The van der Waals surface area contributed by atoms with Crippen molar-refractivity contribution in [1.29, 1.82) is 0 Å². The minimum absolute atomic E-state index is 0.0758. The molecular formula is C16H22N4O2S. The highest BCUT2D eigenvalue weighted by Gasteiger charge is 2.31. The number of nitrogens with one attached hydrogen (secondary N) is 1. The van der Waals surface area contributed by atoms with E-state index in [-0.39, 0.29) is 6.04 Å². The van der Waals surface area contributed by atoms with Crippen molar-refractivity contribution in [2.45, 2.75) is 18.9 Å². The van der Waals surface area contributed by atoms with Crippen molar-refractivity contribution >= 4 is 11.3 Å². The number of thiophene rings is 1. The molecule has 1 N–H and O–H groups in total. The van der Waals surface area contributed by atoms with E-state index in [0.717, 1.165) is 37.7 Å². The summed E-state index contributed by atoms with van der Waals surface area (Å²) in [4.78, 5) is 8.11. The summed E-state index contributed by atoms with van der Waals surface area (Å²) in [5.41, 5.74) is 0. The van der Waals surface area contributed by atoms with Crippen LogP contribution < -0.4 is 5.32 Å². The van der Waals surface area contributed by atoms with Gasteiger partial charge in [-0.05, 0) is 43.3 Å². The van der Waals surface area contributed by atoms with Crippen LogP contribution in [-0.4, -0.2) is 54.4 Å². The summed E-state index contributed by atoms with van der Waals surface area (Å²) < 4.78 is 11.2. The molecule has 2 aromatic heterocycles. The zero-order chi connectivity index (χ0) is 15.5. The minimum atomic E-state index is 0.0758. The van der Waals surface area contributed by atoms with Gasteiger partial charge in [0.1, 0.15) is 6.04 Å². The second-order valence-electron chi connectivity index (χ2n) is 6.23. The van der Waals surface area contributed by atoms with Gasteiger partial charge in [-0.25, -0.2) is 0 Å². The average Bonchev–Trinajstić information content (AvgIpc) is 3.28. The van der Waals surface area contributed by atoms with E-state index in [1.807, 2.05) is 17.5 Å². The predicted octanol–water partition coefficient (Wildman–Crippen LogP) is 2.17. The predicted molar refractivity (Wildman–Crippen MR) is 88.3 cm³/mol. The van der Waals surface area contributed by atoms with Crippen LogP contribution in [-0.2, 0) is 4.74 Å². The fourth-order valence-electron chi connectivity index (χ4n) is 3.37. The van der Waals surface area contributed by atoms with Gasteiger partial charge >= 0.3 is 0 Å². The SMILES string of the molecule is c1csc(-c2noc(C3COCCN3CC3CCCNC3)n2)c1. The molecule has 7 heteroatoms. The fourth-order valence-corrected chi connectivity index (χ4v) is 4.02. The van der Waals surface area contributed by atoms with E-state index in [1.54, 1.807) is 11.3 Å². The van der Waals surface area contributed by atoms with Gasteiger partial charge in [0.05, 0.1) is 18.1 Å². The van der Waals surface area contributed by atoms with Crippen molar-refractivity contribution in [3.63, 3.8) is 0 Å². The lowest BCUT2D eigenvalue weighted by Crippen LogP contribution is -2.45. The maximum atomic E-state index is 5.67. The maximum Gasteiger partial charge on any atom is 0.246 e. The van der Waals surface area contributed by atoms with Crippen molar-refractivity contribution in [2.75, 3.05) is 39.4 Å². The lowest BCUT2D eigenvalue weighted by atomic mass is 9.98. The molecule has 2 atom stereocenters. The highest BCUT2D eigenvalue weighted by atomic mass is 32.1. The Balaban J connectivity index is 1.48. The third-order valence-corrected chi connectivity index (χ3v) is 5.47. The van der Waals surface area contributed by atoms with Gasteiger partial charge in [0.25, 0.3) is 0 Å². The molecule has 6 nitrogen and oxygen atoms in total. The Kier molecular flexibility index (Phi) is 4.70. The van der Waals surface area contributed by atoms with Crippen LogP contribution in [0.3, 0.4) is 0 Å². The summed E-state index contributed by atoms with van der Waals surface area (Å²) in [6, 6.07) is 4.09. The first-order valence-corrected chi connectivity index (χ1v) is 9.18. The Hall–Kier alpha value is -1.28. The summed E-state index contributed by atoms with van der Waals surface area (Å²) >= 11 is 1.63. The molecule has 0 aliphatic carbocycles. The summed E-state index contributed by atoms with van der Waals surface area (Å²) in [5.74, 6) is 2.06. The molecule has 2 unspecified atom stereocenters. The molecule has 2 aromatic rings. The second-order valence-corrected chi connectivity index (χ2v) is 7.18. The molecule has 0 aromatic carbocycles. The van der Waals surface area contributed by atoms with Gasteiger partial charge in [0.15, 0.2) is 0 Å². The first-order chi connectivity index (χ1) is 11.4. The first kappa shape index (κ1) is 15.3. The van der Waals surface area contributed by atoms with Crippen molar-refractivity contribution in [3.8, 4) is 10.7 Å². The lowest BCUT2D eigenvalue weighted by molar-refractivity contribution is -0.0277. The molecule has 2 fully saturated rings. The van der Waals surface area contributed by atoms with Crippen LogP contribution in [0.25, 0.3) is 10.7 Å². The third-order valence-electron chi connectivity index (χ3n) is 4.60. The van der Waals surface area contributed by atoms with Crippen LogP contribution in [0.15, 0.2) is 22.0 Å². The van der Waals surface area contributed by atoms with Crippen LogP contribution in [0, 0.1) is 5.92 Å². The summed E-state index contributed by atoms with van der Waals surface area (Å²) in [6.45, 7) is 5.66. The largest absolute Gasteiger partial charge is 0.378 e. The van der Waals surface area contributed by atoms with Gasteiger partial charge < -0.3 is 14.6 Å². The monoisotopic (exact) mass is 334 g/mol. The molecule has 124 valence electrons. The fraction of sp³-hybridized carbons (Fsp3) is 0.625. The van der Waals surface area contributed by atoms with Crippen molar-refractivity contribution in [3.05, 3.63) is 23.4 Å². The Bertz CT molecular complexity index is 609. The third kappa shape index (κ3) is 3.47. The van der Waals surface area contributed by atoms with Crippen LogP contribution in [0.2, 0.25) is 0 Å². The number of hydrogen-bond donors (Lipinski definition) is 1. The van der Waals surface area contributed by atoms with Crippen molar-refractivity contribution < 1.29 is 9.26 Å². The molecular weight excluding hydrogens is 312 g/mol. The first-order valence-electron chi connectivity index (χ1n) is 8.30. The Labute approximate surface area is 139 Å². The molecule has 0 bridgehead atoms. The number of nitrogens with zero attached hydrogens (tertiary/aromatic N) is 3. The molecule has 2 aliphatic rings. The lowest BCUT2D eigenvalue weighted by Gasteiger charge is -2.36. The van der Waals surface area contributed by atoms with E-state index in [0.29, 0.717) is 24.2 Å². The standard InChI is InChI=1S/C16H22N4O2S/c1-3-12(9-17-5-1)10-20-6-7-21-11-13(20)16-18-15(19-22-16)14-4-2-8-23-14/h2,4,8,12-13,17H,1,3,5-7,9-11H2. The summed E-state index contributed by atoms with van der Waals surface area (Å²) in [5, 5.41) is 9.66. The zero-order valence-corrected chi connectivity index (χ0v) is 13.9. The quantitative estimate of drug-likeness (QED) is 0.924. The molecule has 0 spiro atoms. The highest BCUT2D eigenvalue weighted by Crippen LogP contribution is 2.28. The van der Waals surface area contributed by atoms with E-state index in [4.69, 9.17) is 9.26 Å². The van der Waals surface area contributed by atoms with Gasteiger partial charge in [-0.3, -0.25) is 4.90 Å². The molecule has 0 radical (unpaired) electrons. The average molecular weight is 334 g/mol. The molecule has 0 amide bonds. The topological polar surface area (TPSA) is 63.4 Å². The molecule has 2 aliphatic heterocycles. The van der Waals surface area contributed by atoms with E-state index in [9.17, 15) is 0 Å². The summed E-state index contributed by atoms with van der Waals surface area (Å²) in [7, 11) is 0. The Morgan fingerprint density at radius 2 is 2.43 bits per heavy atom. The Morgan fingerprint density at radius 3 is 3.26 bits per heavy atom. The number of rotatable bonds is 4. The maximum absolute atomic E-state index is 5.67. The van der Waals surface area contributed by atoms with E-state index >= 15 is 0 Å². The van der Waals surface area contributed by atoms with Crippen molar-refractivity contribution in [1.82, 2.24) is 20.4 Å². The number of ether oxygens (including phenoxy) is 1. The Morgan fingerprint density at radius 1 is 1.43 bits per heavy atom. The van der Waals surface area contributed by atoms with Crippen LogP contribution in [0.5, 0.6) is 0 Å². The van der Waals surface area contributed by atoms with Crippen LogP contribution in [0.1, 0.15) is 24.8 Å². The number of piperidine rings is 1. The van der Waals surface area contributed by atoms with Gasteiger partial charge in [-0.15, -0.1) is 11.3 Å². The highest BCUT2D eigenvalue weighted by molar-refractivity contribution is 7.13. The van der Waals surface area contributed by atoms with E-state index in [2.05, 4.69) is 20.4 Å². The molecule has 4 heterocycles. The van der Waals surface area contributed by atoms with Crippen molar-refractivity contribution in [2.24, 2.45) is 5.92 Å². The molecule has 4 rings (SSSR count). The van der Waals surface area contributed by atoms with Crippen LogP contribution in [0.4, 0.5) is 0 Å². The number of aromatic nitrogens is 2.